The standard InChI is InChI=1S/C26H30N4O6S/c1-27(2)15-8-16-30-24(33)23(32)21(26(30)19-9-6-7-10-20(19)29(5)25(26)34)22(31)17-11-13-18(14-12-17)37(35,36)28(3)4/h6-7,9-14,31H,8,15-16H2,1-5H3/b22-21+. The van der Waals surface area contributed by atoms with Gasteiger partial charge < -0.3 is 19.8 Å². The number of aliphatic hydroxyl groups excluding tert-OH is 1. The molecule has 2 heterocycles. The zero-order valence-electron chi connectivity index (χ0n) is 21.4. The molecule has 0 bridgehead atoms. The Morgan fingerprint density at radius 3 is 2.19 bits per heavy atom. The van der Waals surface area contributed by atoms with E-state index in [2.05, 4.69) is 0 Å². The Kier molecular flexibility index (Phi) is 6.74. The number of hydrogen-bond acceptors (Lipinski definition) is 7. The van der Waals surface area contributed by atoms with Gasteiger partial charge in [0.2, 0.25) is 10.0 Å². The summed E-state index contributed by atoms with van der Waals surface area (Å²) in [5.74, 6) is -2.90. The monoisotopic (exact) mass is 526 g/mol. The smallest absolute Gasteiger partial charge is 0.296 e. The van der Waals surface area contributed by atoms with Crippen molar-refractivity contribution in [3.05, 3.63) is 65.2 Å². The molecule has 1 saturated heterocycles. The Morgan fingerprint density at radius 1 is 0.973 bits per heavy atom. The lowest BCUT2D eigenvalue weighted by molar-refractivity contribution is -0.143. The van der Waals surface area contributed by atoms with Gasteiger partial charge in [0.15, 0.2) is 5.54 Å². The van der Waals surface area contributed by atoms with E-state index in [1.807, 2.05) is 19.0 Å². The molecule has 0 saturated carbocycles. The zero-order valence-corrected chi connectivity index (χ0v) is 22.2. The zero-order chi connectivity index (χ0) is 27.3. The van der Waals surface area contributed by atoms with Crippen LogP contribution in [0.1, 0.15) is 17.5 Å². The average molecular weight is 527 g/mol. The first-order chi connectivity index (χ1) is 17.4. The second-order valence-electron chi connectivity index (χ2n) is 9.57. The molecule has 2 amide bonds. The second-order valence-corrected chi connectivity index (χ2v) is 11.7. The molecule has 0 aromatic heterocycles. The summed E-state index contributed by atoms with van der Waals surface area (Å²) >= 11 is 0. The van der Waals surface area contributed by atoms with Gasteiger partial charge in [0.25, 0.3) is 17.6 Å². The molecule has 4 rings (SSSR count). The quantitative estimate of drug-likeness (QED) is 0.330. The summed E-state index contributed by atoms with van der Waals surface area (Å²) in [6.07, 6.45) is 0.498. The predicted molar refractivity (Wildman–Crippen MR) is 138 cm³/mol. The van der Waals surface area contributed by atoms with Crippen LogP contribution in [0.4, 0.5) is 5.69 Å². The summed E-state index contributed by atoms with van der Waals surface area (Å²) < 4.78 is 26.0. The lowest BCUT2D eigenvalue weighted by atomic mass is 9.82. The maximum atomic E-state index is 13.9. The molecule has 0 radical (unpaired) electrons. The molecule has 1 N–H and O–H groups in total. The Labute approximate surface area is 216 Å². The minimum atomic E-state index is -3.72. The lowest BCUT2D eigenvalue weighted by Gasteiger charge is -2.34. The van der Waals surface area contributed by atoms with Crippen LogP contribution in [-0.2, 0) is 29.9 Å². The molecule has 2 aromatic carbocycles. The fourth-order valence-electron chi connectivity index (χ4n) is 4.96. The average Bonchev–Trinajstić information content (AvgIpc) is 3.22. The van der Waals surface area contributed by atoms with E-state index in [-0.39, 0.29) is 22.6 Å². The van der Waals surface area contributed by atoms with Gasteiger partial charge in [0.05, 0.1) is 10.5 Å². The number of likely N-dealkylation sites (tertiary alicyclic amines) is 1. The van der Waals surface area contributed by atoms with Crippen molar-refractivity contribution in [2.45, 2.75) is 16.9 Å². The van der Waals surface area contributed by atoms with Crippen molar-refractivity contribution in [1.29, 1.82) is 0 Å². The first-order valence-corrected chi connectivity index (χ1v) is 13.2. The Bertz CT molecular complexity index is 1410. The number of carbonyl (C=O) groups is 3. The van der Waals surface area contributed by atoms with Gasteiger partial charge in [-0.05, 0) is 57.4 Å². The first-order valence-electron chi connectivity index (χ1n) is 11.7. The molecule has 11 heteroatoms. The Balaban J connectivity index is 1.94. The molecule has 0 aliphatic carbocycles. The molecule has 2 aromatic rings. The number of para-hydroxylation sites is 1. The van der Waals surface area contributed by atoms with Crippen molar-refractivity contribution >= 4 is 39.1 Å². The number of hydrogen-bond donors (Lipinski definition) is 1. The van der Waals surface area contributed by atoms with Crippen molar-refractivity contribution in [3.63, 3.8) is 0 Å². The molecule has 196 valence electrons. The van der Waals surface area contributed by atoms with Crippen LogP contribution >= 0.6 is 0 Å². The molecular weight excluding hydrogens is 496 g/mol. The number of nitrogens with zero attached hydrogens (tertiary/aromatic N) is 4. The van der Waals surface area contributed by atoms with Crippen LogP contribution in [0.2, 0.25) is 0 Å². The van der Waals surface area contributed by atoms with E-state index in [0.29, 0.717) is 24.2 Å². The summed E-state index contributed by atoms with van der Waals surface area (Å²) in [4.78, 5) is 45.4. The van der Waals surface area contributed by atoms with Crippen LogP contribution in [0.15, 0.2) is 59.0 Å². The van der Waals surface area contributed by atoms with Crippen molar-refractivity contribution < 1.29 is 27.9 Å². The van der Waals surface area contributed by atoms with Crippen molar-refractivity contribution in [2.24, 2.45) is 0 Å². The molecule has 1 unspecified atom stereocenters. The highest BCUT2D eigenvalue weighted by molar-refractivity contribution is 7.89. The van der Waals surface area contributed by atoms with Gasteiger partial charge in [-0.2, -0.15) is 0 Å². The third-order valence-corrected chi connectivity index (χ3v) is 8.66. The number of amides is 2. The van der Waals surface area contributed by atoms with E-state index < -0.39 is 38.9 Å². The summed E-state index contributed by atoms with van der Waals surface area (Å²) in [5.41, 5.74) is -1.08. The second kappa shape index (κ2) is 9.40. The molecule has 2 aliphatic heterocycles. The minimum absolute atomic E-state index is 0.00470. The van der Waals surface area contributed by atoms with Gasteiger partial charge in [-0.25, -0.2) is 12.7 Å². The highest BCUT2D eigenvalue weighted by Crippen LogP contribution is 2.53. The van der Waals surface area contributed by atoms with Gasteiger partial charge in [-0.15, -0.1) is 0 Å². The van der Waals surface area contributed by atoms with Crippen molar-refractivity contribution in [2.75, 3.05) is 53.2 Å². The van der Waals surface area contributed by atoms with Crippen LogP contribution in [0.25, 0.3) is 5.76 Å². The van der Waals surface area contributed by atoms with Crippen molar-refractivity contribution in [3.8, 4) is 0 Å². The summed E-state index contributed by atoms with van der Waals surface area (Å²) in [7, 11) is 4.42. The Morgan fingerprint density at radius 2 is 1.59 bits per heavy atom. The number of Topliss-reactive ketones (excluding diaryl/α,β-unsaturated/α-hetero) is 1. The fraction of sp³-hybridized carbons (Fsp3) is 0.346. The van der Waals surface area contributed by atoms with Crippen LogP contribution in [-0.4, -0.2) is 93.6 Å². The van der Waals surface area contributed by atoms with Gasteiger partial charge >= 0.3 is 0 Å². The normalized spacial score (nSPS) is 21.1. The van der Waals surface area contributed by atoms with Gasteiger partial charge in [-0.3, -0.25) is 14.4 Å². The first kappa shape index (κ1) is 26.5. The number of anilines is 1. The van der Waals surface area contributed by atoms with E-state index in [9.17, 15) is 27.9 Å². The summed E-state index contributed by atoms with van der Waals surface area (Å²) in [6, 6.07) is 12.2. The minimum Gasteiger partial charge on any atom is -0.507 e. The van der Waals surface area contributed by atoms with Crippen LogP contribution in [0.3, 0.4) is 0 Å². The molecule has 1 atom stereocenters. The number of likely N-dealkylation sites (N-methyl/N-ethyl adjacent to an activating group) is 1. The molecular formula is C26H30N4O6S. The lowest BCUT2D eigenvalue weighted by Crippen LogP contribution is -2.51. The number of fused-ring (bicyclic) bond motifs is 2. The summed E-state index contributed by atoms with van der Waals surface area (Å²) in [5, 5.41) is 11.4. The Hall–Kier alpha value is -3.54. The third kappa shape index (κ3) is 3.94. The van der Waals surface area contributed by atoms with E-state index in [4.69, 9.17) is 0 Å². The topological polar surface area (TPSA) is 119 Å². The van der Waals surface area contributed by atoms with Crippen LogP contribution in [0, 0.1) is 0 Å². The van der Waals surface area contributed by atoms with Gasteiger partial charge in [-0.1, -0.05) is 18.2 Å². The highest BCUT2D eigenvalue weighted by Gasteiger charge is 2.66. The molecule has 2 aliphatic rings. The molecule has 1 fully saturated rings. The van der Waals surface area contributed by atoms with E-state index in [0.717, 1.165) is 4.31 Å². The molecule has 1 spiro atoms. The molecule has 10 nitrogen and oxygen atoms in total. The number of carbonyl (C=O) groups excluding carboxylic acids is 3. The van der Waals surface area contributed by atoms with Gasteiger partial charge in [0.1, 0.15) is 5.76 Å². The number of sulfonamides is 1. The third-order valence-electron chi connectivity index (χ3n) is 6.83. The van der Waals surface area contributed by atoms with E-state index in [1.54, 1.807) is 31.3 Å². The van der Waals surface area contributed by atoms with Gasteiger partial charge in [0, 0.05) is 44.5 Å². The van der Waals surface area contributed by atoms with Crippen molar-refractivity contribution in [1.82, 2.24) is 14.1 Å². The predicted octanol–water partition coefficient (Wildman–Crippen LogP) is 1.44. The maximum absolute atomic E-state index is 13.9. The number of rotatable bonds is 7. The van der Waals surface area contributed by atoms with E-state index >= 15 is 0 Å². The largest absolute Gasteiger partial charge is 0.507 e. The van der Waals surface area contributed by atoms with E-state index in [1.165, 1.54) is 48.2 Å². The van der Waals surface area contributed by atoms with Crippen LogP contribution in [0.5, 0.6) is 0 Å². The SMILES string of the molecule is CN(C)CCCN1C(=O)C(=O)/C(=C(\O)c2ccc(S(=O)(=O)N(C)C)cc2)C12C(=O)N(C)c1ccccc12. The summed E-state index contributed by atoms with van der Waals surface area (Å²) in [6.45, 7) is 0.736. The number of benzene rings is 2. The maximum Gasteiger partial charge on any atom is 0.296 e. The number of aliphatic hydroxyl groups is 1. The highest BCUT2D eigenvalue weighted by atomic mass is 32.2. The van der Waals surface area contributed by atoms with Crippen LogP contribution < -0.4 is 4.90 Å². The molecule has 37 heavy (non-hydrogen) atoms. The fourth-order valence-corrected chi connectivity index (χ4v) is 5.86. The number of ketones is 1.